The van der Waals surface area contributed by atoms with Gasteiger partial charge in [-0.2, -0.15) is 0 Å². The van der Waals surface area contributed by atoms with Gasteiger partial charge in [0.15, 0.2) is 0 Å². The van der Waals surface area contributed by atoms with E-state index in [1.54, 1.807) is 24.3 Å². The molecular weight excluding hydrogens is 292 g/mol. The predicted octanol–water partition coefficient (Wildman–Crippen LogP) is 3.30. The molecule has 0 aliphatic rings. The molecule has 0 aliphatic heterocycles. The zero-order chi connectivity index (χ0) is 16.2. The Kier molecular flexibility index (Phi) is 4.19. The Morgan fingerprint density at radius 3 is 2.39 bits per heavy atom. The number of fused-ring (bicyclic) bond motifs is 1. The van der Waals surface area contributed by atoms with Crippen LogP contribution in [0.4, 0.5) is 0 Å². The van der Waals surface area contributed by atoms with Crippen molar-refractivity contribution in [3.63, 3.8) is 0 Å². The summed E-state index contributed by atoms with van der Waals surface area (Å²) < 4.78 is 10.5. The van der Waals surface area contributed by atoms with Crippen LogP contribution in [0.5, 0.6) is 5.75 Å². The van der Waals surface area contributed by atoms with E-state index in [0.29, 0.717) is 17.0 Å². The van der Waals surface area contributed by atoms with Crippen LogP contribution in [0.25, 0.3) is 11.0 Å². The van der Waals surface area contributed by atoms with Crippen molar-refractivity contribution in [2.24, 2.45) is 0 Å². The van der Waals surface area contributed by atoms with E-state index >= 15 is 0 Å². The fraction of sp³-hybridized carbons (Fsp3) is 0.167. The van der Waals surface area contributed by atoms with E-state index in [4.69, 9.17) is 9.47 Å². The SMILES string of the molecule is COc1ccccc1C(=O)OCc1nc2ccccc2nc1C. The highest BCUT2D eigenvalue weighted by Crippen LogP contribution is 2.19. The highest BCUT2D eigenvalue weighted by atomic mass is 16.5. The molecule has 1 aromatic heterocycles. The van der Waals surface area contributed by atoms with Gasteiger partial charge in [0, 0.05) is 0 Å². The lowest BCUT2D eigenvalue weighted by atomic mass is 10.2. The van der Waals surface area contributed by atoms with Gasteiger partial charge in [-0.05, 0) is 31.2 Å². The Hall–Kier alpha value is -2.95. The lowest BCUT2D eigenvalue weighted by Crippen LogP contribution is -2.09. The van der Waals surface area contributed by atoms with Gasteiger partial charge in [0.05, 0.1) is 29.5 Å². The highest BCUT2D eigenvalue weighted by molar-refractivity contribution is 5.92. The maximum atomic E-state index is 12.2. The van der Waals surface area contributed by atoms with Crippen molar-refractivity contribution in [1.29, 1.82) is 0 Å². The molecule has 0 aliphatic carbocycles. The molecule has 0 bridgehead atoms. The van der Waals surface area contributed by atoms with E-state index in [2.05, 4.69) is 9.97 Å². The lowest BCUT2D eigenvalue weighted by Gasteiger charge is -2.10. The summed E-state index contributed by atoms with van der Waals surface area (Å²) in [7, 11) is 1.52. The molecule has 116 valence electrons. The molecule has 0 unspecified atom stereocenters. The smallest absolute Gasteiger partial charge is 0.342 e. The monoisotopic (exact) mass is 308 g/mol. The van der Waals surface area contributed by atoms with Crippen molar-refractivity contribution >= 4 is 17.0 Å². The van der Waals surface area contributed by atoms with Crippen LogP contribution < -0.4 is 4.74 Å². The normalized spacial score (nSPS) is 10.5. The van der Waals surface area contributed by atoms with Crippen molar-refractivity contribution in [3.05, 3.63) is 65.5 Å². The molecule has 0 atom stereocenters. The van der Waals surface area contributed by atoms with Gasteiger partial charge in [-0.1, -0.05) is 24.3 Å². The van der Waals surface area contributed by atoms with Crippen molar-refractivity contribution in [2.45, 2.75) is 13.5 Å². The number of carbonyl (C=O) groups is 1. The molecule has 0 saturated heterocycles. The first-order valence-corrected chi connectivity index (χ1v) is 7.21. The Morgan fingerprint density at radius 1 is 1.00 bits per heavy atom. The van der Waals surface area contributed by atoms with Crippen LogP contribution >= 0.6 is 0 Å². The average molecular weight is 308 g/mol. The number of benzene rings is 2. The largest absolute Gasteiger partial charge is 0.496 e. The van der Waals surface area contributed by atoms with Crippen LogP contribution in [0.2, 0.25) is 0 Å². The van der Waals surface area contributed by atoms with Crippen LogP contribution in [0, 0.1) is 6.92 Å². The summed E-state index contributed by atoms with van der Waals surface area (Å²) in [5.41, 5.74) is 3.39. The number of rotatable bonds is 4. The molecule has 3 rings (SSSR count). The summed E-state index contributed by atoms with van der Waals surface area (Å²) in [5.74, 6) is 0.0376. The summed E-state index contributed by atoms with van der Waals surface area (Å²) in [6, 6.07) is 14.6. The Morgan fingerprint density at radius 2 is 1.65 bits per heavy atom. The van der Waals surface area contributed by atoms with Crippen LogP contribution in [0.15, 0.2) is 48.5 Å². The molecule has 0 N–H and O–H groups in total. The van der Waals surface area contributed by atoms with Crippen molar-refractivity contribution in [1.82, 2.24) is 9.97 Å². The molecule has 23 heavy (non-hydrogen) atoms. The number of aryl methyl sites for hydroxylation is 1. The summed E-state index contributed by atoms with van der Waals surface area (Å²) >= 11 is 0. The van der Waals surface area contributed by atoms with Gasteiger partial charge in [-0.3, -0.25) is 0 Å². The number of esters is 1. The van der Waals surface area contributed by atoms with Gasteiger partial charge < -0.3 is 9.47 Å². The highest BCUT2D eigenvalue weighted by Gasteiger charge is 2.14. The van der Waals surface area contributed by atoms with Gasteiger partial charge in [0.25, 0.3) is 0 Å². The van der Waals surface area contributed by atoms with E-state index in [9.17, 15) is 4.79 Å². The van der Waals surface area contributed by atoms with Crippen LogP contribution in [0.3, 0.4) is 0 Å². The molecule has 1 heterocycles. The summed E-state index contributed by atoms with van der Waals surface area (Å²) in [6.45, 7) is 1.92. The maximum absolute atomic E-state index is 12.2. The lowest BCUT2D eigenvalue weighted by molar-refractivity contribution is 0.0463. The van der Waals surface area contributed by atoms with Crippen LogP contribution in [-0.2, 0) is 11.3 Å². The van der Waals surface area contributed by atoms with Crippen molar-refractivity contribution < 1.29 is 14.3 Å². The summed E-state index contributed by atoms with van der Waals surface area (Å²) in [5, 5.41) is 0. The van der Waals surface area contributed by atoms with E-state index in [-0.39, 0.29) is 6.61 Å². The number of ether oxygens (including phenoxy) is 2. The first-order valence-electron chi connectivity index (χ1n) is 7.21. The fourth-order valence-electron chi connectivity index (χ4n) is 2.29. The number of para-hydroxylation sites is 3. The second-order valence-electron chi connectivity index (χ2n) is 5.02. The molecule has 0 amide bonds. The second kappa shape index (κ2) is 6.44. The topological polar surface area (TPSA) is 61.3 Å². The fourth-order valence-corrected chi connectivity index (χ4v) is 2.29. The van der Waals surface area contributed by atoms with E-state index in [1.165, 1.54) is 7.11 Å². The Labute approximate surface area is 133 Å². The van der Waals surface area contributed by atoms with Crippen LogP contribution in [0.1, 0.15) is 21.7 Å². The molecule has 0 spiro atoms. The van der Waals surface area contributed by atoms with Gasteiger partial charge in [0.2, 0.25) is 0 Å². The number of carbonyl (C=O) groups excluding carboxylic acids is 1. The quantitative estimate of drug-likeness (QED) is 0.692. The van der Waals surface area contributed by atoms with Gasteiger partial charge in [-0.25, -0.2) is 14.8 Å². The average Bonchev–Trinajstić information content (AvgIpc) is 2.59. The minimum atomic E-state index is -0.447. The Balaban J connectivity index is 1.80. The molecule has 2 aromatic carbocycles. The van der Waals surface area contributed by atoms with Crippen LogP contribution in [-0.4, -0.2) is 23.0 Å². The molecule has 3 aromatic rings. The van der Waals surface area contributed by atoms with Gasteiger partial charge >= 0.3 is 5.97 Å². The number of aromatic nitrogens is 2. The molecule has 5 nitrogen and oxygen atoms in total. The number of hydrogen-bond acceptors (Lipinski definition) is 5. The minimum absolute atomic E-state index is 0.0700. The van der Waals surface area contributed by atoms with Crippen molar-refractivity contribution in [3.8, 4) is 5.75 Å². The third-order valence-electron chi connectivity index (χ3n) is 3.51. The zero-order valence-electron chi connectivity index (χ0n) is 12.9. The Bertz CT molecular complexity index is 862. The number of hydrogen-bond donors (Lipinski definition) is 0. The second-order valence-corrected chi connectivity index (χ2v) is 5.02. The third-order valence-corrected chi connectivity index (χ3v) is 3.51. The minimum Gasteiger partial charge on any atom is -0.496 e. The molecule has 0 fully saturated rings. The van der Waals surface area contributed by atoms with E-state index in [0.717, 1.165) is 16.7 Å². The standard InChI is InChI=1S/C18H16N2O3/c1-12-16(20-15-9-5-4-8-14(15)19-12)11-23-18(21)13-7-3-6-10-17(13)22-2/h3-10H,11H2,1-2H3. The third kappa shape index (κ3) is 3.13. The molecule has 5 heteroatoms. The first-order chi connectivity index (χ1) is 11.2. The van der Waals surface area contributed by atoms with E-state index < -0.39 is 5.97 Å². The molecule has 0 saturated carbocycles. The number of nitrogens with zero attached hydrogens (tertiary/aromatic N) is 2. The molecule has 0 radical (unpaired) electrons. The predicted molar refractivity (Wildman–Crippen MR) is 86.4 cm³/mol. The first kappa shape index (κ1) is 15.0. The maximum Gasteiger partial charge on any atom is 0.342 e. The summed E-state index contributed by atoms with van der Waals surface area (Å²) in [6.07, 6.45) is 0. The van der Waals surface area contributed by atoms with Gasteiger partial charge in [-0.15, -0.1) is 0 Å². The zero-order valence-corrected chi connectivity index (χ0v) is 12.9. The summed E-state index contributed by atoms with van der Waals surface area (Å²) in [4.78, 5) is 21.2. The number of methoxy groups -OCH3 is 1. The van der Waals surface area contributed by atoms with Gasteiger partial charge in [0.1, 0.15) is 17.9 Å². The molecular formula is C18H16N2O3. The van der Waals surface area contributed by atoms with E-state index in [1.807, 2.05) is 31.2 Å². The van der Waals surface area contributed by atoms with Crippen molar-refractivity contribution in [2.75, 3.05) is 7.11 Å².